The minimum Gasteiger partial charge on any atom is -0.490 e. The Kier molecular flexibility index (Phi) is 6.98. The van der Waals surface area contributed by atoms with Crippen molar-refractivity contribution in [1.29, 1.82) is 5.26 Å². The van der Waals surface area contributed by atoms with Crippen molar-refractivity contribution in [3.8, 4) is 11.8 Å². The molecule has 2 aromatic rings. The van der Waals surface area contributed by atoms with Gasteiger partial charge in [0.25, 0.3) is 0 Å². The van der Waals surface area contributed by atoms with Crippen molar-refractivity contribution in [3.05, 3.63) is 58.7 Å². The second-order valence-electron chi connectivity index (χ2n) is 7.55. The van der Waals surface area contributed by atoms with Gasteiger partial charge in [0, 0.05) is 11.3 Å². The van der Waals surface area contributed by atoms with Gasteiger partial charge in [-0.25, -0.2) is 4.79 Å². The van der Waals surface area contributed by atoms with E-state index in [0.29, 0.717) is 28.4 Å². The van der Waals surface area contributed by atoms with Crippen LogP contribution in [0, 0.1) is 18.3 Å². The van der Waals surface area contributed by atoms with E-state index >= 15 is 0 Å². The zero-order chi connectivity index (χ0) is 23.4. The third-order valence-electron chi connectivity index (χ3n) is 4.93. The van der Waals surface area contributed by atoms with Gasteiger partial charge in [-0.2, -0.15) is 5.26 Å². The van der Waals surface area contributed by atoms with Crippen molar-refractivity contribution in [2.45, 2.75) is 39.1 Å². The largest absolute Gasteiger partial charge is 0.490 e. The SMILES string of the molecule is COC(=O)C(O)C(O)c1ccc(C2=NOCN2c2ccc(OC(C)C)c(C#N)c2)c(C)c1. The van der Waals surface area contributed by atoms with Crippen molar-refractivity contribution in [1.82, 2.24) is 0 Å². The second-order valence-corrected chi connectivity index (χ2v) is 7.55. The molecule has 0 bridgehead atoms. The third-order valence-corrected chi connectivity index (χ3v) is 4.93. The molecule has 2 atom stereocenters. The lowest BCUT2D eigenvalue weighted by molar-refractivity contribution is -0.156. The minimum absolute atomic E-state index is 0.0607. The van der Waals surface area contributed by atoms with Crippen molar-refractivity contribution < 1.29 is 29.3 Å². The molecule has 2 aromatic carbocycles. The van der Waals surface area contributed by atoms with E-state index in [9.17, 15) is 20.3 Å². The number of carbonyl (C=O) groups is 1. The maximum Gasteiger partial charge on any atom is 0.337 e. The Morgan fingerprint density at radius 3 is 2.62 bits per heavy atom. The van der Waals surface area contributed by atoms with Gasteiger partial charge in [-0.05, 0) is 50.1 Å². The number of aryl methyl sites for hydroxylation is 1. The Morgan fingerprint density at radius 1 is 1.25 bits per heavy atom. The van der Waals surface area contributed by atoms with Gasteiger partial charge in [0.05, 0.1) is 18.8 Å². The molecule has 2 N–H and O–H groups in total. The number of esters is 1. The molecule has 0 aromatic heterocycles. The van der Waals surface area contributed by atoms with Crippen LogP contribution in [0.15, 0.2) is 41.6 Å². The van der Waals surface area contributed by atoms with E-state index in [1.807, 2.05) is 31.7 Å². The van der Waals surface area contributed by atoms with Crippen LogP contribution >= 0.6 is 0 Å². The lowest BCUT2D eigenvalue weighted by atomic mass is 9.98. The van der Waals surface area contributed by atoms with Crippen molar-refractivity contribution in [2.75, 3.05) is 18.7 Å². The molecule has 0 spiro atoms. The number of nitrogens with zero attached hydrogens (tertiary/aromatic N) is 3. The van der Waals surface area contributed by atoms with E-state index in [1.54, 1.807) is 30.3 Å². The number of anilines is 1. The first-order chi connectivity index (χ1) is 15.3. The highest BCUT2D eigenvalue weighted by atomic mass is 16.7. The molecule has 0 amide bonds. The number of aliphatic hydroxyl groups is 2. The quantitative estimate of drug-likeness (QED) is 0.630. The predicted octanol–water partition coefficient (Wildman–Crippen LogP) is 2.38. The van der Waals surface area contributed by atoms with E-state index < -0.39 is 18.2 Å². The summed E-state index contributed by atoms with van der Waals surface area (Å²) < 4.78 is 10.2. The molecule has 1 aliphatic heterocycles. The summed E-state index contributed by atoms with van der Waals surface area (Å²) >= 11 is 0. The van der Waals surface area contributed by atoms with Crippen LogP contribution in [0.2, 0.25) is 0 Å². The summed E-state index contributed by atoms with van der Waals surface area (Å²) in [7, 11) is 1.14. The van der Waals surface area contributed by atoms with Gasteiger partial charge in [-0.3, -0.25) is 4.90 Å². The number of aliphatic hydroxyl groups excluding tert-OH is 2. The number of ether oxygens (including phenoxy) is 2. The summed E-state index contributed by atoms with van der Waals surface area (Å²) in [4.78, 5) is 18.6. The number of hydrogen-bond acceptors (Lipinski definition) is 9. The fourth-order valence-corrected chi connectivity index (χ4v) is 3.33. The topological polar surface area (TPSA) is 125 Å². The number of rotatable bonds is 7. The number of nitriles is 1. The average Bonchev–Trinajstić information content (AvgIpc) is 3.26. The number of methoxy groups -OCH3 is 1. The summed E-state index contributed by atoms with van der Waals surface area (Å²) in [6.45, 7) is 5.76. The Hall–Kier alpha value is -3.61. The molecule has 1 heterocycles. The Morgan fingerprint density at radius 2 is 2.00 bits per heavy atom. The maximum atomic E-state index is 11.5. The second kappa shape index (κ2) is 9.68. The van der Waals surface area contributed by atoms with Crippen molar-refractivity contribution >= 4 is 17.5 Å². The summed E-state index contributed by atoms with van der Waals surface area (Å²) in [6, 6.07) is 12.4. The Balaban J connectivity index is 1.89. The van der Waals surface area contributed by atoms with Gasteiger partial charge in [0.2, 0.25) is 0 Å². The Bertz CT molecular complexity index is 1080. The number of amidine groups is 1. The zero-order valence-electron chi connectivity index (χ0n) is 18.3. The highest BCUT2D eigenvalue weighted by Gasteiger charge is 2.29. The number of benzene rings is 2. The summed E-state index contributed by atoms with van der Waals surface area (Å²) in [5.41, 5.74) is 2.94. The van der Waals surface area contributed by atoms with E-state index in [-0.39, 0.29) is 12.8 Å². The molecule has 0 saturated heterocycles. The number of oxime groups is 1. The fourth-order valence-electron chi connectivity index (χ4n) is 3.33. The molecule has 9 nitrogen and oxygen atoms in total. The molecule has 3 rings (SSSR count). The van der Waals surface area contributed by atoms with Crippen LogP contribution in [0.5, 0.6) is 5.75 Å². The highest BCUT2D eigenvalue weighted by molar-refractivity contribution is 6.11. The van der Waals surface area contributed by atoms with Gasteiger partial charge in [-0.1, -0.05) is 23.4 Å². The van der Waals surface area contributed by atoms with E-state index in [1.165, 1.54) is 0 Å². The number of carbonyl (C=O) groups excluding carboxylic acids is 1. The monoisotopic (exact) mass is 439 g/mol. The van der Waals surface area contributed by atoms with Crippen LogP contribution in [0.25, 0.3) is 0 Å². The lowest BCUT2D eigenvalue weighted by Crippen LogP contribution is -2.30. The molecule has 2 unspecified atom stereocenters. The minimum atomic E-state index is -1.69. The van der Waals surface area contributed by atoms with E-state index in [0.717, 1.165) is 18.2 Å². The van der Waals surface area contributed by atoms with Gasteiger partial charge >= 0.3 is 5.97 Å². The first-order valence-corrected chi connectivity index (χ1v) is 10.00. The molecule has 168 valence electrons. The molecule has 9 heteroatoms. The van der Waals surface area contributed by atoms with Gasteiger partial charge in [0.15, 0.2) is 18.7 Å². The predicted molar refractivity (Wildman–Crippen MR) is 116 cm³/mol. The van der Waals surface area contributed by atoms with Crippen LogP contribution in [-0.4, -0.2) is 48.1 Å². The summed E-state index contributed by atoms with van der Waals surface area (Å²) in [6.07, 6.45) is -3.18. The first-order valence-electron chi connectivity index (χ1n) is 10.00. The van der Waals surface area contributed by atoms with Crippen LogP contribution in [0.1, 0.15) is 42.2 Å². The lowest BCUT2D eigenvalue weighted by Gasteiger charge is -2.21. The smallest absolute Gasteiger partial charge is 0.337 e. The Labute approximate surface area is 186 Å². The molecule has 0 aliphatic carbocycles. The van der Waals surface area contributed by atoms with Gasteiger partial charge in [-0.15, -0.1) is 0 Å². The third kappa shape index (κ3) is 4.66. The molecular formula is C23H25N3O6. The van der Waals surface area contributed by atoms with Gasteiger partial charge < -0.3 is 24.5 Å². The van der Waals surface area contributed by atoms with E-state index in [2.05, 4.69) is 16.0 Å². The van der Waals surface area contributed by atoms with Crippen LogP contribution in [-0.2, 0) is 14.4 Å². The molecule has 0 saturated carbocycles. The fraction of sp³-hybridized carbons (Fsp3) is 0.348. The van der Waals surface area contributed by atoms with Gasteiger partial charge in [0.1, 0.15) is 17.9 Å². The summed E-state index contributed by atoms with van der Waals surface area (Å²) in [5, 5.41) is 33.9. The molecule has 1 aliphatic rings. The standard InChI is InChI=1S/C23H25N3O6/c1-13(2)32-19-8-6-17(10-16(19)11-24)26-12-31-25-22(26)18-7-5-15(9-14(18)3)20(27)21(28)23(29)30-4/h5-10,13,20-21,27-28H,12H2,1-4H3. The molecular weight excluding hydrogens is 414 g/mol. The molecule has 0 fully saturated rings. The highest BCUT2D eigenvalue weighted by Crippen LogP contribution is 2.30. The molecule has 0 radical (unpaired) electrons. The normalized spacial score (nSPS) is 14.9. The zero-order valence-corrected chi connectivity index (χ0v) is 18.3. The molecule has 32 heavy (non-hydrogen) atoms. The summed E-state index contributed by atoms with van der Waals surface area (Å²) in [5.74, 6) is 0.110. The van der Waals surface area contributed by atoms with Crippen LogP contribution < -0.4 is 9.64 Å². The van der Waals surface area contributed by atoms with Crippen LogP contribution in [0.3, 0.4) is 0 Å². The van der Waals surface area contributed by atoms with Crippen molar-refractivity contribution in [3.63, 3.8) is 0 Å². The first kappa shape index (κ1) is 23.1. The van der Waals surface area contributed by atoms with Crippen LogP contribution in [0.4, 0.5) is 5.69 Å². The van der Waals surface area contributed by atoms with Crippen molar-refractivity contribution in [2.24, 2.45) is 5.16 Å². The average molecular weight is 439 g/mol. The number of hydrogen-bond donors (Lipinski definition) is 2. The maximum absolute atomic E-state index is 11.5. The van der Waals surface area contributed by atoms with E-state index in [4.69, 9.17) is 9.57 Å².